The summed E-state index contributed by atoms with van der Waals surface area (Å²) >= 11 is 0. The van der Waals surface area contributed by atoms with Crippen LogP contribution in [0.2, 0.25) is 0 Å². The Morgan fingerprint density at radius 1 is 1.14 bits per heavy atom. The van der Waals surface area contributed by atoms with E-state index in [1.54, 1.807) is 0 Å². The Hall–Kier alpha value is -1.38. The van der Waals surface area contributed by atoms with Crippen LogP contribution in [0.15, 0.2) is 33.4 Å². The molecule has 0 saturated carbocycles. The quantitative estimate of drug-likeness (QED) is 0.517. The lowest BCUT2D eigenvalue weighted by Gasteiger charge is -2.39. The molecule has 0 unspecified atom stereocenters. The molecule has 1 saturated heterocycles. The summed E-state index contributed by atoms with van der Waals surface area (Å²) in [5, 5.41) is 38.8. The van der Waals surface area contributed by atoms with Gasteiger partial charge in [0, 0.05) is 6.42 Å². The van der Waals surface area contributed by atoms with Gasteiger partial charge in [-0.1, -0.05) is 11.6 Å². The number of fused-ring (bicyclic) bond motifs is 1. The molecule has 7 nitrogen and oxygen atoms in total. The Kier molecular flexibility index (Phi) is 3.76. The lowest BCUT2D eigenvalue weighted by molar-refractivity contribution is -0.211. The molecule has 2 aliphatic heterocycles. The SMILES string of the molecule is CC1=CC=C2N=C([C@H]3O[C@@H](CO)[C@H](O)[C@@H](O)[C@@H]3O)N=C2C1. The first-order chi connectivity index (χ1) is 10.0. The molecule has 0 aromatic heterocycles. The molecule has 21 heavy (non-hydrogen) atoms. The van der Waals surface area contributed by atoms with E-state index in [1.807, 2.05) is 19.1 Å². The van der Waals surface area contributed by atoms with Crippen molar-refractivity contribution in [2.24, 2.45) is 9.98 Å². The third-order valence-corrected chi connectivity index (χ3v) is 3.90. The topological polar surface area (TPSA) is 115 Å². The van der Waals surface area contributed by atoms with E-state index < -0.39 is 37.1 Å². The van der Waals surface area contributed by atoms with Gasteiger partial charge in [0.1, 0.15) is 30.5 Å². The highest BCUT2D eigenvalue weighted by atomic mass is 16.5. The predicted octanol–water partition coefficient (Wildman–Crippen LogP) is -1.08. The van der Waals surface area contributed by atoms with Gasteiger partial charge in [-0.2, -0.15) is 0 Å². The standard InChI is InChI=1S/C14H18N2O5/c1-6-2-3-7-8(4-6)16-14(15-7)13-12(20)11(19)10(18)9(5-17)21-13/h2-3,9-13,17-20H,4-5H2,1H3/t9-,10-,11+,12-,13-/m0/s1. The van der Waals surface area contributed by atoms with Crippen LogP contribution in [0, 0.1) is 0 Å². The van der Waals surface area contributed by atoms with Gasteiger partial charge in [-0.25, -0.2) is 9.98 Å². The molecule has 3 aliphatic rings. The van der Waals surface area contributed by atoms with Crippen LogP contribution in [-0.2, 0) is 4.74 Å². The number of aliphatic hydroxyl groups is 4. The molecule has 4 N–H and O–H groups in total. The number of aliphatic imine (C=N–C) groups is 2. The third kappa shape index (κ3) is 2.47. The Morgan fingerprint density at radius 2 is 1.90 bits per heavy atom. The Labute approximate surface area is 121 Å². The van der Waals surface area contributed by atoms with Crippen molar-refractivity contribution in [3.63, 3.8) is 0 Å². The highest BCUT2D eigenvalue weighted by Gasteiger charge is 2.46. The van der Waals surface area contributed by atoms with Gasteiger partial charge >= 0.3 is 0 Å². The summed E-state index contributed by atoms with van der Waals surface area (Å²) in [4.78, 5) is 8.68. The van der Waals surface area contributed by atoms with Crippen LogP contribution >= 0.6 is 0 Å². The maximum Gasteiger partial charge on any atom is 0.160 e. The number of amidine groups is 1. The fourth-order valence-electron chi connectivity index (χ4n) is 2.66. The molecule has 2 heterocycles. The summed E-state index contributed by atoms with van der Waals surface area (Å²) in [7, 11) is 0. The summed E-state index contributed by atoms with van der Waals surface area (Å²) < 4.78 is 5.46. The first kappa shape index (κ1) is 14.6. The van der Waals surface area contributed by atoms with E-state index in [0.717, 1.165) is 11.3 Å². The number of allylic oxidation sites excluding steroid dienone is 4. The van der Waals surface area contributed by atoms with Crippen LogP contribution in [0.3, 0.4) is 0 Å². The highest BCUT2D eigenvalue weighted by Crippen LogP contribution is 2.28. The molecule has 0 amide bonds. The molecule has 114 valence electrons. The lowest BCUT2D eigenvalue weighted by Crippen LogP contribution is -2.60. The number of rotatable bonds is 2. The Bertz CT molecular complexity index is 564. The second kappa shape index (κ2) is 5.43. The van der Waals surface area contributed by atoms with Crippen LogP contribution in [0.1, 0.15) is 13.3 Å². The van der Waals surface area contributed by atoms with Gasteiger partial charge in [0.2, 0.25) is 0 Å². The molecule has 1 fully saturated rings. The molecule has 1 aliphatic carbocycles. The third-order valence-electron chi connectivity index (χ3n) is 3.90. The summed E-state index contributed by atoms with van der Waals surface area (Å²) in [5.41, 5.74) is 2.66. The number of ether oxygens (including phenoxy) is 1. The molecule has 0 aromatic rings. The van der Waals surface area contributed by atoms with Gasteiger partial charge < -0.3 is 25.2 Å². The first-order valence-electron chi connectivity index (χ1n) is 6.85. The fourth-order valence-corrected chi connectivity index (χ4v) is 2.66. The zero-order chi connectivity index (χ0) is 15.1. The normalized spacial score (nSPS) is 39.2. The van der Waals surface area contributed by atoms with Crippen molar-refractivity contribution in [1.82, 2.24) is 0 Å². The molecule has 0 aromatic carbocycles. The van der Waals surface area contributed by atoms with Gasteiger partial charge in [-0.3, -0.25) is 0 Å². The minimum absolute atomic E-state index is 0.260. The van der Waals surface area contributed by atoms with Crippen molar-refractivity contribution in [2.75, 3.05) is 6.61 Å². The van der Waals surface area contributed by atoms with Gasteiger partial charge in [0.05, 0.1) is 18.0 Å². The van der Waals surface area contributed by atoms with Crippen molar-refractivity contribution < 1.29 is 25.2 Å². The highest BCUT2D eigenvalue weighted by molar-refractivity contribution is 6.15. The van der Waals surface area contributed by atoms with E-state index in [4.69, 9.17) is 4.74 Å². The summed E-state index contributed by atoms with van der Waals surface area (Å²) in [5.74, 6) is 0.260. The number of hydrogen-bond acceptors (Lipinski definition) is 7. The van der Waals surface area contributed by atoms with Crippen molar-refractivity contribution in [1.29, 1.82) is 0 Å². The van der Waals surface area contributed by atoms with Gasteiger partial charge in [-0.05, 0) is 13.0 Å². The molecule has 5 atom stereocenters. The Balaban J connectivity index is 1.85. The van der Waals surface area contributed by atoms with E-state index in [0.29, 0.717) is 12.1 Å². The smallest absolute Gasteiger partial charge is 0.160 e. The van der Waals surface area contributed by atoms with Crippen LogP contribution in [-0.4, -0.2) is 69.1 Å². The van der Waals surface area contributed by atoms with Crippen molar-refractivity contribution in [3.05, 3.63) is 23.4 Å². The maximum atomic E-state index is 10.1. The van der Waals surface area contributed by atoms with Crippen LogP contribution in [0.5, 0.6) is 0 Å². The zero-order valence-electron chi connectivity index (χ0n) is 11.5. The second-order valence-electron chi connectivity index (χ2n) is 5.52. The van der Waals surface area contributed by atoms with Gasteiger partial charge in [0.25, 0.3) is 0 Å². The molecule has 3 rings (SSSR count). The second-order valence-corrected chi connectivity index (χ2v) is 5.52. The summed E-state index contributed by atoms with van der Waals surface area (Å²) in [6.45, 7) is 1.52. The molecule has 0 radical (unpaired) electrons. The van der Waals surface area contributed by atoms with E-state index >= 15 is 0 Å². The largest absolute Gasteiger partial charge is 0.394 e. The van der Waals surface area contributed by atoms with Crippen LogP contribution in [0.25, 0.3) is 0 Å². The summed E-state index contributed by atoms with van der Waals surface area (Å²) in [6.07, 6.45) is -1.59. The first-order valence-corrected chi connectivity index (χ1v) is 6.85. The van der Waals surface area contributed by atoms with E-state index in [9.17, 15) is 20.4 Å². The van der Waals surface area contributed by atoms with Crippen LogP contribution < -0.4 is 0 Å². The average molecular weight is 294 g/mol. The van der Waals surface area contributed by atoms with Crippen LogP contribution in [0.4, 0.5) is 0 Å². The summed E-state index contributed by atoms with van der Waals surface area (Å²) in [6, 6.07) is 0. The molecular weight excluding hydrogens is 276 g/mol. The lowest BCUT2D eigenvalue weighted by atomic mass is 9.94. The van der Waals surface area contributed by atoms with Gasteiger partial charge in [0.15, 0.2) is 5.84 Å². The minimum Gasteiger partial charge on any atom is -0.394 e. The molecule has 0 bridgehead atoms. The van der Waals surface area contributed by atoms with E-state index in [-0.39, 0.29) is 5.84 Å². The Morgan fingerprint density at radius 3 is 2.62 bits per heavy atom. The van der Waals surface area contributed by atoms with Crippen molar-refractivity contribution >= 4 is 11.5 Å². The molecule has 0 spiro atoms. The molecular formula is C14H18N2O5. The molecule has 7 heteroatoms. The number of nitrogens with zero attached hydrogens (tertiary/aromatic N) is 2. The fraction of sp³-hybridized carbons (Fsp3) is 0.571. The maximum absolute atomic E-state index is 10.1. The average Bonchev–Trinajstić information content (AvgIpc) is 2.88. The zero-order valence-corrected chi connectivity index (χ0v) is 11.5. The van der Waals surface area contributed by atoms with Crippen molar-refractivity contribution in [3.8, 4) is 0 Å². The monoisotopic (exact) mass is 294 g/mol. The van der Waals surface area contributed by atoms with E-state index in [1.165, 1.54) is 0 Å². The number of hydrogen-bond donors (Lipinski definition) is 4. The van der Waals surface area contributed by atoms with E-state index in [2.05, 4.69) is 9.98 Å². The minimum atomic E-state index is -1.42. The predicted molar refractivity (Wildman–Crippen MR) is 75.1 cm³/mol. The van der Waals surface area contributed by atoms with Crippen molar-refractivity contribution in [2.45, 2.75) is 43.9 Å². The number of aliphatic hydroxyl groups excluding tert-OH is 4. The van der Waals surface area contributed by atoms with Gasteiger partial charge in [-0.15, -0.1) is 0 Å².